The van der Waals surface area contributed by atoms with E-state index in [0.29, 0.717) is 0 Å². The second kappa shape index (κ2) is 10.4. The largest absolute Gasteiger partial charge is 0.256 e. The molecule has 0 N–H and O–H groups in total. The average molecular weight is 548 g/mol. The van der Waals surface area contributed by atoms with Crippen molar-refractivity contribution in [2.24, 2.45) is 0 Å². The van der Waals surface area contributed by atoms with Crippen LogP contribution in [0.5, 0.6) is 0 Å². The Morgan fingerprint density at radius 3 is 1.51 bits per heavy atom. The lowest BCUT2D eigenvalue weighted by atomic mass is 9.85. The van der Waals surface area contributed by atoms with E-state index in [1.54, 1.807) is 0 Å². The molecule has 0 atom stereocenters. The molecule has 8 aromatic rings. The summed E-state index contributed by atoms with van der Waals surface area (Å²) in [4.78, 5) is 4.64. The molecular weight excluding hydrogens is 518 g/mol. The quantitative estimate of drug-likeness (QED) is 0.200. The minimum absolute atomic E-state index is 0.996. The molecule has 7 aromatic carbocycles. The van der Waals surface area contributed by atoms with Crippen LogP contribution in [0, 0.1) is 6.92 Å². The SMILES string of the molecule is Cc1ccc(-c2cccc(-c3ccc4cc(-c5c6ccccc6c(-c6ccccc6)c6ccccc56)ccc4c3)c2)nc1. The smallest absolute Gasteiger partial charge is 0.0702 e. The molecule has 1 aromatic heterocycles. The molecule has 0 saturated carbocycles. The second-order valence-electron chi connectivity index (χ2n) is 11.3. The van der Waals surface area contributed by atoms with Gasteiger partial charge in [-0.2, -0.15) is 0 Å². The average Bonchev–Trinajstić information content (AvgIpc) is 3.07. The van der Waals surface area contributed by atoms with Crippen molar-refractivity contribution in [2.45, 2.75) is 6.92 Å². The molecule has 0 fully saturated rings. The summed E-state index contributed by atoms with van der Waals surface area (Å²) >= 11 is 0. The molecule has 0 saturated heterocycles. The Morgan fingerprint density at radius 2 is 0.884 bits per heavy atom. The maximum Gasteiger partial charge on any atom is 0.0702 e. The van der Waals surface area contributed by atoms with E-state index in [-0.39, 0.29) is 0 Å². The van der Waals surface area contributed by atoms with Crippen molar-refractivity contribution in [2.75, 3.05) is 0 Å². The van der Waals surface area contributed by atoms with Crippen molar-refractivity contribution in [3.63, 3.8) is 0 Å². The predicted octanol–water partition coefficient (Wildman–Crippen LogP) is 11.5. The summed E-state index contributed by atoms with van der Waals surface area (Å²) in [6, 6.07) is 55.0. The van der Waals surface area contributed by atoms with E-state index in [1.165, 1.54) is 71.3 Å². The molecule has 0 aliphatic heterocycles. The van der Waals surface area contributed by atoms with Crippen molar-refractivity contribution >= 4 is 32.3 Å². The van der Waals surface area contributed by atoms with Crippen molar-refractivity contribution < 1.29 is 0 Å². The Labute approximate surface area is 251 Å². The van der Waals surface area contributed by atoms with Gasteiger partial charge < -0.3 is 0 Å². The van der Waals surface area contributed by atoms with Gasteiger partial charge in [0, 0.05) is 11.8 Å². The van der Waals surface area contributed by atoms with Crippen molar-refractivity contribution in [1.29, 1.82) is 0 Å². The molecule has 1 heteroatoms. The Balaban J connectivity index is 1.26. The maximum absolute atomic E-state index is 4.64. The highest BCUT2D eigenvalue weighted by atomic mass is 14.7. The summed E-state index contributed by atoms with van der Waals surface area (Å²) in [6.07, 6.45) is 1.93. The van der Waals surface area contributed by atoms with Crippen LogP contribution in [-0.2, 0) is 0 Å². The summed E-state index contributed by atoms with van der Waals surface area (Å²) in [5.74, 6) is 0. The van der Waals surface area contributed by atoms with E-state index in [2.05, 4.69) is 164 Å². The van der Waals surface area contributed by atoms with Gasteiger partial charge in [-0.1, -0.05) is 127 Å². The summed E-state index contributed by atoms with van der Waals surface area (Å²) in [7, 11) is 0. The van der Waals surface area contributed by atoms with E-state index in [0.717, 1.165) is 11.3 Å². The Hall–Kier alpha value is -5.53. The summed E-state index contributed by atoms with van der Waals surface area (Å²) < 4.78 is 0. The number of hydrogen-bond donors (Lipinski definition) is 0. The van der Waals surface area contributed by atoms with Crippen LogP contribution in [0.25, 0.3) is 77.0 Å². The van der Waals surface area contributed by atoms with Crippen LogP contribution >= 0.6 is 0 Å². The standard InChI is InChI=1S/C42H29N/c1-28-18-23-40(43-27-28)34-13-9-12-30(25-34)31-19-20-33-26-35(22-21-32(33)24-31)42-38-16-7-5-14-36(38)41(29-10-3-2-4-11-29)37-15-6-8-17-39(37)42/h2-27H,1H3. The maximum atomic E-state index is 4.64. The lowest BCUT2D eigenvalue weighted by Crippen LogP contribution is -1.91. The Kier molecular flexibility index (Phi) is 6.09. The zero-order valence-electron chi connectivity index (χ0n) is 24.0. The molecule has 0 radical (unpaired) electrons. The predicted molar refractivity (Wildman–Crippen MR) is 183 cm³/mol. The van der Waals surface area contributed by atoms with Crippen molar-refractivity contribution in [1.82, 2.24) is 4.98 Å². The first kappa shape index (κ1) is 25.2. The van der Waals surface area contributed by atoms with E-state index < -0.39 is 0 Å². The molecule has 0 aliphatic carbocycles. The fourth-order valence-corrected chi connectivity index (χ4v) is 6.43. The van der Waals surface area contributed by atoms with E-state index >= 15 is 0 Å². The van der Waals surface area contributed by atoms with Gasteiger partial charge in [0.25, 0.3) is 0 Å². The molecule has 43 heavy (non-hydrogen) atoms. The zero-order chi connectivity index (χ0) is 28.8. The van der Waals surface area contributed by atoms with E-state index in [9.17, 15) is 0 Å². The fourth-order valence-electron chi connectivity index (χ4n) is 6.43. The van der Waals surface area contributed by atoms with Crippen LogP contribution in [0.15, 0.2) is 158 Å². The number of fused-ring (bicyclic) bond motifs is 3. The Bertz CT molecular complexity index is 2220. The van der Waals surface area contributed by atoms with Crippen LogP contribution in [-0.4, -0.2) is 4.98 Å². The van der Waals surface area contributed by atoms with Crippen LogP contribution < -0.4 is 0 Å². The Morgan fingerprint density at radius 1 is 0.372 bits per heavy atom. The molecule has 0 bridgehead atoms. The van der Waals surface area contributed by atoms with Crippen LogP contribution in [0.1, 0.15) is 5.56 Å². The number of pyridine rings is 1. The third-order valence-corrected chi connectivity index (χ3v) is 8.53. The summed E-state index contributed by atoms with van der Waals surface area (Å²) in [5, 5.41) is 7.57. The molecule has 1 heterocycles. The molecule has 1 nitrogen and oxygen atoms in total. The minimum atomic E-state index is 0.996. The van der Waals surface area contributed by atoms with Crippen LogP contribution in [0.3, 0.4) is 0 Å². The van der Waals surface area contributed by atoms with Crippen LogP contribution in [0.4, 0.5) is 0 Å². The highest BCUT2D eigenvalue weighted by molar-refractivity contribution is 6.21. The third kappa shape index (κ3) is 4.47. The molecule has 0 amide bonds. The molecule has 0 unspecified atom stereocenters. The van der Waals surface area contributed by atoms with E-state index in [1.807, 2.05) is 6.20 Å². The molecular formula is C42H29N. The highest BCUT2D eigenvalue weighted by Gasteiger charge is 2.16. The molecule has 0 aliphatic rings. The molecule has 0 spiro atoms. The van der Waals surface area contributed by atoms with Crippen LogP contribution in [0.2, 0.25) is 0 Å². The fraction of sp³-hybridized carbons (Fsp3) is 0.0238. The van der Waals surface area contributed by atoms with Gasteiger partial charge in [0.15, 0.2) is 0 Å². The third-order valence-electron chi connectivity index (χ3n) is 8.53. The first-order chi connectivity index (χ1) is 21.2. The van der Waals surface area contributed by atoms with E-state index in [4.69, 9.17) is 0 Å². The number of hydrogen-bond acceptors (Lipinski definition) is 1. The first-order valence-electron chi connectivity index (χ1n) is 14.8. The lowest BCUT2D eigenvalue weighted by Gasteiger charge is -2.18. The van der Waals surface area contributed by atoms with Gasteiger partial charge in [-0.25, -0.2) is 0 Å². The second-order valence-corrected chi connectivity index (χ2v) is 11.3. The monoisotopic (exact) mass is 547 g/mol. The highest BCUT2D eigenvalue weighted by Crippen LogP contribution is 2.44. The number of aromatic nitrogens is 1. The lowest BCUT2D eigenvalue weighted by molar-refractivity contribution is 1.27. The van der Waals surface area contributed by atoms with Gasteiger partial charge in [0.1, 0.15) is 0 Å². The number of rotatable bonds is 4. The first-order valence-corrected chi connectivity index (χ1v) is 14.8. The van der Waals surface area contributed by atoms with Crippen molar-refractivity contribution in [3.8, 4) is 44.6 Å². The topological polar surface area (TPSA) is 12.9 Å². The van der Waals surface area contributed by atoms with Gasteiger partial charge in [0.05, 0.1) is 5.69 Å². The number of aryl methyl sites for hydroxylation is 1. The van der Waals surface area contributed by atoms with Gasteiger partial charge in [-0.3, -0.25) is 4.98 Å². The number of benzene rings is 7. The van der Waals surface area contributed by atoms with Gasteiger partial charge >= 0.3 is 0 Å². The minimum Gasteiger partial charge on any atom is -0.256 e. The summed E-state index contributed by atoms with van der Waals surface area (Å²) in [5.41, 5.74) is 10.8. The molecule has 202 valence electrons. The normalized spacial score (nSPS) is 11.4. The van der Waals surface area contributed by atoms with Crippen molar-refractivity contribution in [3.05, 3.63) is 163 Å². The van der Waals surface area contributed by atoms with Gasteiger partial charge in [0.2, 0.25) is 0 Å². The number of nitrogens with zero attached hydrogens (tertiary/aromatic N) is 1. The van der Waals surface area contributed by atoms with Gasteiger partial charge in [-0.15, -0.1) is 0 Å². The van der Waals surface area contributed by atoms with Gasteiger partial charge in [-0.05, 0) is 102 Å². The summed E-state index contributed by atoms with van der Waals surface area (Å²) in [6.45, 7) is 2.07. The molecule has 8 rings (SSSR count). The zero-order valence-corrected chi connectivity index (χ0v) is 24.0.